The molecule has 2 heterocycles. The third kappa shape index (κ3) is 4.62. The van der Waals surface area contributed by atoms with Crippen molar-refractivity contribution in [1.29, 1.82) is 0 Å². The molecule has 8 heteroatoms. The van der Waals surface area contributed by atoms with Gasteiger partial charge in [-0.05, 0) is 31.7 Å². The number of H-pyrrole nitrogens is 1. The quantitative estimate of drug-likeness (QED) is 0.670. The lowest BCUT2D eigenvalue weighted by Gasteiger charge is -2.34. The molecule has 0 aromatic carbocycles. The number of hydrogen-bond donors (Lipinski definition) is 2. The maximum Gasteiger partial charge on any atom is 0.270 e. The second-order valence-corrected chi connectivity index (χ2v) is 7.52. The van der Waals surface area contributed by atoms with Crippen molar-refractivity contribution < 1.29 is 19.1 Å². The van der Waals surface area contributed by atoms with Gasteiger partial charge in [0.15, 0.2) is 5.78 Å². The van der Waals surface area contributed by atoms with Crippen LogP contribution >= 0.6 is 0 Å². The number of piperazine rings is 1. The van der Waals surface area contributed by atoms with Crippen LogP contribution in [0, 0.1) is 6.92 Å². The summed E-state index contributed by atoms with van der Waals surface area (Å²) >= 11 is 0. The summed E-state index contributed by atoms with van der Waals surface area (Å²) in [5.41, 5.74) is 2.95. The molecule has 2 aliphatic rings. The molecule has 0 unspecified atom stereocenters. The third-order valence-corrected chi connectivity index (χ3v) is 5.53. The number of aromatic nitrogens is 1. The van der Waals surface area contributed by atoms with Crippen LogP contribution in [-0.4, -0.2) is 85.4 Å². The van der Waals surface area contributed by atoms with Crippen molar-refractivity contribution in [2.24, 2.45) is 0 Å². The second-order valence-electron chi connectivity index (χ2n) is 7.52. The van der Waals surface area contributed by atoms with Crippen LogP contribution in [0.2, 0.25) is 0 Å². The van der Waals surface area contributed by atoms with E-state index < -0.39 is 0 Å². The van der Waals surface area contributed by atoms with E-state index in [1.165, 1.54) is 0 Å². The largest absolute Gasteiger partial charge is 0.385 e. The molecule has 0 radical (unpaired) electrons. The van der Waals surface area contributed by atoms with E-state index in [1.54, 1.807) is 7.11 Å². The maximum absolute atomic E-state index is 13.0. The Morgan fingerprint density at radius 2 is 1.93 bits per heavy atom. The fraction of sp³-hybridized carbons (Fsp3) is 0.650. The molecule has 154 valence electrons. The number of rotatable bonds is 7. The Kier molecular flexibility index (Phi) is 6.85. The normalized spacial score (nSPS) is 17.5. The summed E-state index contributed by atoms with van der Waals surface area (Å²) in [6.07, 6.45) is 3.02. The van der Waals surface area contributed by atoms with Crippen molar-refractivity contribution in [3.63, 3.8) is 0 Å². The molecule has 1 aromatic rings. The second kappa shape index (κ2) is 9.34. The Morgan fingerprint density at radius 1 is 1.18 bits per heavy atom. The monoisotopic (exact) mass is 390 g/mol. The average molecular weight is 390 g/mol. The first kappa shape index (κ1) is 20.5. The SMILES string of the molecule is COCCCNC(=O)CN1CCN(C(=O)c2[nH]c3c(c2C)C(=O)CCC3)CC1. The van der Waals surface area contributed by atoms with E-state index >= 15 is 0 Å². The number of amides is 2. The molecule has 0 saturated carbocycles. The highest BCUT2D eigenvalue weighted by atomic mass is 16.5. The number of methoxy groups -OCH3 is 1. The maximum atomic E-state index is 13.0. The molecule has 1 aromatic heterocycles. The molecular weight excluding hydrogens is 360 g/mol. The fourth-order valence-electron chi connectivity index (χ4n) is 3.96. The number of fused-ring (bicyclic) bond motifs is 1. The van der Waals surface area contributed by atoms with Gasteiger partial charge in [-0.25, -0.2) is 0 Å². The summed E-state index contributed by atoms with van der Waals surface area (Å²) in [7, 11) is 1.64. The Balaban J connectivity index is 1.51. The van der Waals surface area contributed by atoms with Crippen LogP contribution in [0.1, 0.15) is 51.4 Å². The van der Waals surface area contributed by atoms with Gasteiger partial charge in [-0.1, -0.05) is 0 Å². The zero-order valence-electron chi connectivity index (χ0n) is 16.8. The first-order chi connectivity index (χ1) is 13.5. The van der Waals surface area contributed by atoms with Gasteiger partial charge in [0.25, 0.3) is 5.91 Å². The van der Waals surface area contributed by atoms with Crippen molar-refractivity contribution in [3.8, 4) is 0 Å². The number of hydrogen-bond acceptors (Lipinski definition) is 5. The molecule has 0 bridgehead atoms. The summed E-state index contributed by atoms with van der Waals surface area (Å²) in [5, 5.41) is 2.89. The van der Waals surface area contributed by atoms with E-state index in [0.29, 0.717) is 58.0 Å². The number of carbonyl (C=O) groups is 3. The van der Waals surface area contributed by atoms with Crippen LogP contribution in [0.15, 0.2) is 0 Å². The minimum absolute atomic E-state index is 0.00211. The van der Waals surface area contributed by atoms with Gasteiger partial charge in [-0.3, -0.25) is 19.3 Å². The van der Waals surface area contributed by atoms with Crippen LogP contribution in [0.5, 0.6) is 0 Å². The van der Waals surface area contributed by atoms with Gasteiger partial charge < -0.3 is 19.9 Å². The van der Waals surface area contributed by atoms with Gasteiger partial charge in [0.1, 0.15) is 5.69 Å². The first-order valence-electron chi connectivity index (χ1n) is 10.0. The van der Waals surface area contributed by atoms with Crippen molar-refractivity contribution in [1.82, 2.24) is 20.1 Å². The minimum atomic E-state index is -0.0524. The predicted molar refractivity (Wildman–Crippen MR) is 105 cm³/mol. The van der Waals surface area contributed by atoms with Crippen molar-refractivity contribution in [2.45, 2.75) is 32.6 Å². The van der Waals surface area contributed by atoms with Crippen LogP contribution in [0.4, 0.5) is 0 Å². The number of nitrogens with one attached hydrogen (secondary N) is 2. The molecule has 0 spiro atoms. The van der Waals surface area contributed by atoms with Gasteiger partial charge in [-0.15, -0.1) is 0 Å². The van der Waals surface area contributed by atoms with E-state index in [1.807, 2.05) is 11.8 Å². The summed E-state index contributed by atoms with van der Waals surface area (Å²) < 4.78 is 4.96. The highest BCUT2D eigenvalue weighted by Gasteiger charge is 2.30. The molecule has 2 N–H and O–H groups in total. The Hall–Kier alpha value is -2.19. The lowest BCUT2D eigenvalue weighted by Crippen LogP contribution is -2.51. The molecule has 1 aliphatic heterocycles. The van der Waals surface area contributed by atoms with E-state index in [-0.39, 0.29) is 17.6 Å². The van der Waals surface area contributed by atoms with Crippen LogP contribution in [-0.2, 0) is 16.0 Å². The third-order valence-electron chi connectivity index (χ3n) is 5.53. The van der Waals surface area contributed by atoms with E-state index in [2.05, 4.69) is 15.2 Å². The summed E-state index contributed by atoms with van der Waals surface area (Å²) in [6, 6.07) is 0. The summed E-state index contributed by atoms with van der Waals surface area (Å²) in [5.74, 6) is 0.0843. The molecule has 1 fully saturated rings. The van der Waals surface area contributed by atoms with Crippen molar-refractivity contribution in [3.05, 3.63) is 22.5 Å². The zero-order valence-corrected chi connectivity index (χ0v) is 16.8. The topological polar surface area (TPSA) is 94.7 Å². The number of aromatic amines is 1. The molecule has 0 atom stereocenters. The molecule has 8 nitrogen and oxygen atoms in total. The molecule has 2 amide bonds. The van der Waals surface area contributed by atoms with Gasteiger partial charge in [-0.2, -0.15) is 0 Å². The van der Waals surface area contributed by atoms with Crippen LogP contribution in [0.25, 0.3) is 0 Å². The lowest BCUT2D eigenvalue weighted by molar-refractivity contribution is -0.122. The van der Waals surface area contributed by atoms with Gasteiger partial charge in [0.2, 0.25) is 5.91 Å². The Bertz CT molecular complexity index is 735. The minimum Gasteiger partial charge on any atom is -0.385 e. The van der Waals surface area contributed by atoms with Gasteiger partial charge in [0, 0.05) is 64.1 Å². The van der Waals surface area contributed by atoms with Gasteiger partial charge >= 0.3 is 0 Å². The number of aryl methyl sites for hydroxylation is 1. The summed E-state index contributed by atoms with van der Waals surface area (Å²) in [4.78, 5) is 44.2. The average Bonchev–Trinajstić information content (AvgIpc) is 3.03. The molecule has 3 rings (SSSR count). The molecule has 28 heavy (non-hydrogen) atoms. The highest BCUT2D eigenvalue weighted by molar-refractivity contribution is 6.04. The van der Waals surface area contributed by atoms with E-state index in [9.17, 15) is 14.4 Å². The van der Waals surface area contributed by atoms with Crippen LogP contribution in [0.3, 0.4) is 0 Å². The first-order valence-corrected chi connectivity index (χ1v) is 10.0. The predicted octanol–water partition coefficient (Wildman–Crippen LogP) is 0.753. The van der Waals surface area contributed by atoms with Crippen molar-refractivity contribution >= 4 is 17.6 Å². The molecular formula is C20H30N4O4. The number of carbonyl (C=O) groups excluding carboxylic acids is 3. The molecule has 1 saturated heterocycles. The van der Waals surface area contributed by atoms with Crippen molar-refractivity contribution in [2.75, 3.05) is 53.0 Å². The molecule has 1 aliphatic carbocycles. The standard InChI is InChI=1S/C20H30N4O4/c1-14-18-15(5-3-6-16(18)25)22-19(14)20(27)24-10-8-23(9-11-24)13-17(26)21-7-4-12-28-2/h22H,3-13H2,1-2H3,(H,21,26). The van der Waals surface area contributed by atoms with E-state index in [4.69, 9.17) is 4.74 Å². The highest BCUT2D eigenvalue weighted by Crippen LogP contribution is 2.27. The Labute approximate surface area is 165 Å². The zero-order chi connectivity index (χ0) is 20.1. The number of Topliss-reactive ketones (excluding diaryl/α,β-unsaturated/α-hetero) is 1. The Morgan fingerprint density at radius 3 is 2.61 bits per heavy atom. The lowest BCUT2D eigenvalue weighted by atomic mass is 9.93. The summed E-state index contributed by atoms with van der Waals surface area (Å²) in [6.45, 7) is 5.93. The fourth-order valence-corrected chi connectivity index (χ4v) is 3.96. The number of nitrogens with zero attached hydrogens (tertiary/aromatic N) is 2. The van der Waals surface area contributed by atoms with Crippen LogP contribution < -0.4 is 5.32 Å². The number of ether oxygens (including phenoxy) is 1. The smallest absolute Gasteiger partial charge is 0.270 e. The van der Waals surface area contributed by atoms with Gasteiger partial charge in [0.05, 0.1) is 6.54 Å². The van der Waals surface area contributed by atoms with E-state index in [0.717, 1.165) is 36.1 Å². The number of ketones is 1.